The summed E-state index contributed by atoms with van der Waals surface area (Å²) < 4.78 is 0. The highest BCUT2D eigenvalue weighted by molar-refractivity contribution is 6.02. The number of nitrogens with zero attached hydrogens (tertiary/aromatic N) is 1. The molecule has 3 amide bonds. The highest BCUT2D eigenvalue weighted by atomic mass is 16.2. The fraction of sp³-hybridized carbons (Fsp3) is 0.423. The predicted molar refractivity (Wildman–Crippen MR) is 124 cm³/mol. The number of anilines is 1. The number of fused-ring (bicyclic) bond motifs is 1. The summed E-state index contributed by atoms with van der Waals surface area (Å²) in [5, 5.41) is 5.83. The maximum Gasteiger partial charge on any atom is 0.254 e. The summed E-state index contributed by atoms with van der Waals surface area (Å²) >= 11 is 0. The van der Waals surface area contributed by atoms with Gasteiger partial charge in [-0.2, -0.15) is 0 Å². The van der Waals surface area contributed by atoms with Gasteiger partial charge >= 0.3 is 0 Å². The number of hydrogen-bond donors (Lipinski definition) is 2. The van der Waals surface area contributed by atoms with Gasteiger partial charge in [0.05, 0.1) is 0 Å². The smallest absolute Gasteiger partial charge is 0.254 e. The molecule has 0 bridgehead atoms. The Kier molecular flexibility index (Phi) is 6.58. The fourth-order valence-corrected chi connectivity index (χ4v) is 4.99. The SMILES string of the molecule is CC(C)NC(=O)c1ccc(NC(=O)C2CC3CCCCC3N2C(=O)c2ccccc2)cc1. The average Bonchev–Trinajstić information content (AvgIpc) is 3.19. The molecule has 6 nitrogen and oxygen atoms in total. The Balaban J connectivity index is 1.51. The summed E-state index contributed by atoms with van der Waals surface area (Å²) in [5.41, 5.74) is 1.79. The van der Waals surface area contributed by atoms with E-state index in [1.165, 1.54) is 0 Å². The predicted octanol–water partition coefficient (Wildman–Crippen LogP) is 4.24. The van der Waals surface area contributed by atoms with Crippen LogP contribution < -0.4 is 10.6 Å². The third-order valence-corrected chi connectivity index (χ3v) is 6.48. The molecule has 1 heterocycles. The molecular formula is C26H31N3O3. The van der Waals surface area contributed by atoms with E-state index >= 15 is 0 Å². The van der Waals surface area contributed by atoms with Crippen LogP contribution in [-0.2, 0) is 4.79 Å². The second-order valence-corrected chi connectivity index (χ2v) is 9.14. The van der Waals surface area contributed by atoms with Crippen LogP contribution >= 0.6 is 0 Å². The second kappa shape index (κ2) is 9.55. The molecule has 2 fully saturated rings. The van der Waals surface area contributed by atoms with Crippen LogP contribution in [0.3, 0.4) is 0 Å². The number of carbonyl (C=O) groups is 3. The maximum absolute atomic E-state index is 13.4. The van der Waals surface area contributed by atoms with Gasteiger partial charge in [0.15, 0.2) is 0 Å². The van der Waals surface area contributed by atoms with Crippen LogP contribution in [0.2, 0.25) is 0 Å². The average molecular weight is 434 g/mol. The zero-order valence-electron chi connectivity index (χ0n) is 18.7. The fourth-order valence-electron chi connectivity index (χ4n) is 4.99. The lowest BCUT2D eigenvalue weighted by Crippen LogP contribution is -2.47. The number of nitrogens with one attached hydrogen (secondary N) is 2. The molecule has 2 N–H and O–H groups in total. The zero-order valence-corrected chi connectivity index (χ0v) is 18.7. The monoisotopic (exact) mass is 433 g/mol. The van der Waals surface area contributed by atoms with Crippen molar-refractivity contribution in [2.24, 2.45) is 5.92 Å². The summed E-state index contributed by atoms with van der Waals surface area (Å²) in [4.78, 5) is 40.6. The van der Waals surface area contributed by atoms with Crippen LogP contribution in [0.1, 0.15) is 66.7 Å². The van der Waals surface area contributed by atoms with Gasteiger partial charge in [-0.3, -0.25) is 14.4 Å². The van der Waals surface area contributed by atoms with Crippen molar-refractivity contribution in [2.75, 3.05) is 5.32 Å². The van der Waals surface area contributed by atoms with Gasteiger partial charge in [0.25, 0.3) is 11.8 Å². The first-order valence-electron chi connectivity index (χ1n) is 11.5. The lowest BCUT2D eigenvalue weighted by molar-refractivity contribution is -0.120. The van der Waals surface area contributed by atoms with Gasteiger partial charge in [0, 0.05) is 28.9 Å². The Labute approximate surface area is 189 Å². The van der Waals surface area contributed by atoms with E-state index in [1.54, 1.807) is 24.3 Å². The molecule has 2 aromatic carbocycles. The molecule has 3 unspecified atom stereocenters. The second-order valence-electron chi connectivity index (χ2n) is 9.14. The summed E-state index contributed by atoms with van der Waals surface area (Å²) in [6.45, 7) is 3.82. The van der Waals surface area contributed by atoms with Crippen molar-refractivity contribution in [1.29, 1.82) is 0 Å². The first kappa shape index (κ1) is 22.1. The minimum Gasteiger partial charge on any atom is -0.350 e. The molecule has 4 rings (SSSR count). The highest BCUT2D eigenvalue weighted by Gasteiger charge is 2.47. The van der Waals surface area contributed by atoms with Crippen LogP contribution in [-0.4, -0.2) is 40.7 Å². The number of likely N-dealkylation sites (tertiary alicyclic amines) is 1. The quantitative estimate of drug-likeness (QED) is 0.740. The number of hydrogen-bond acceptors (Lipinski definition) is 3. The van der Waals surface area contributed by atoms with Gasteiger partial charge in [-0.05, 0) is 75.4 Å². The van der Waals surface area contributed by atoms with E-state index in [0.717, 1.165) is 25.7 Å². The first-order valence-corrected chi connectivity index (χ1v) is 11.5. The minimum absolute atomic E-state index is 0.0564. The third kappa shape index (κ3) is 4.69. The molecule has 2 aromatic rings. The Hall–Kier alpha value is -3.15. The summed E-state index contributed by atoms with van der Waals surface area (Å²) in [6, 6.07) is 15.8. The van der Waals surface area contributed by atoms with Gasteiger partial charge < -0.3 is 15.5 Å². The van der Waals surface area contributed by atoms with Crippen LogP contribution in [0, 0.1) is 5.92 Å². The lowest BCUT2D eigenvalue weighted by atomic mass is 9.84. The number of carbonyl (C=O) groups excluding carboxylic acids is 3. The Morgan fingerprint density at radius 3 is 2.28 bits per heavy atom. The minimum atomic E-state index is -0.486. The van der Waals surface area contributed by atoms with Crippen molar-refractivity contribution in [3.63, 3.8) is 0 Å². The van der Waals surface area contributed by atoms with Gasteiger partial charge in [0.2, 0.25) is 5.91 Å². The Morgan fingerprint density at radius 2 is 1.59 bits per heavy atom. The van der Waals surface area contributed by atoms with E-state index in [-0.39, 0.29) is 29.8 Å². The number of rotatable bonds is 5. The molecule has 1 saturated heterocycles. The van der Waals surface area contributed by atoms with E-state index in [1.807, 2.05) is 49.1 Å². The van der Waals surface area contributed by atoms with Crippen molar-refractivity contribution >= 4 is 23.4 Å². The molecule has 6 heteroatoms. The largest absolute Gasteiger partial charge is 0.350 e. The molecule has 0 radical (unpaired) electrons. The van der Waals surface area contributed by atoms with E-state index in [2.05, 4.69) is 10.6 Å². The van der Waals surface area contributed by atoms with Crippen molar-refractivity contribution in [3.05, 3.63) is 65.7 Å². The van der Waals surface area contributed by atoms with E-state index in [4.69, 9.17) is 0 Å². The highest BCUT2D eigenvalue weighted by Crippen LogP contribution is 2.40. The summed E-state index contributed by atoms with van der Waals surface area (Å²) in [6.07, 6.45) is 4.96. The molecule has 2 aliphatic rings. The lowest BCUT2D eigenvalue weighted by Gasteiger charge is -2.33. The van der Waals surface area contributed by atoms with Crippen molar-refractivity contribution < 1.29 is 14.4 Å². The maximum atomic E-state index is 13.4. The number of benzene rings is 2. The number of amides is 3. The molecule has 168 valence electrons. The molecular weight excluding hydrogens is 402 g/mol. The molecule has 3 atom stereocenters. The normalized spacial score (nSPS) is 22.3. The molecule has 1 saturated carbocycles. The van der Waals surface area contributed by atoms with Crippen molar-refractivity contribution in [3.8, 4) is 0 Å². The molecule has 1 aliphatic heterocycles. The van der Waals surface area contributed by atoms with Gasteiger partial charge in [-0.15, -0.1) is 0 Å². The van der Waals surface area contributed by atoms with E-state index in [0.29, 0.717) is 29.2 Å². The van der Waals surface area contributed by atoms with Crippen molar-refractivity contribution in [1.82, 2.24) is 10.2 Å². The van der Waals surface area contributed by atoms with Gasteiger partial charge in [-0.25, -0.2) is 0 Å². The van der Waals surface area contributed by atoms with Crippen LogP contribution in [0.25, 0.3) is 0 Å². The molecule has 0 spiro atoms. The zero-order chi connectivity index (χ0) is 22.7. The molecule has 32 heavy (non-hydrogen) atoms. The van der Waals surface area contributed by atoms with Crippen molar-refractivity contribution in [2.45, 2.75) is 64.1 Å². The first-order chi connectivity index (χ1) is 15.4. The van der Waals surface area contributed by atoms with Crippen LogP contribution in [0.4, 0.5) is 5.69 Å². The van der Waals surface area contributed by atoms with E-state index < -0.39 is 6.04 Å². The van der Waals surface area contributed by atoms with Gasteiger partial charge in [0.1, 0.15) is 6.04 Å². The van der Waals surface area contributed by atoms with Crippen LogP contribution in [0.5, 0.6) is 0 Å². The summed E-state index contributed by atoms with van der Waals surface area (Å²) in [7, 11) is 0. The third-order valence-electron chi connectivity index (χ3n) is 6.48. The van der Waals surface area contributed by atoms with Crippen LogP contribution in [0.15, 0.2) is 54.6 Å². The topological polar surface area (TPSA) is 78.5 Å². The van der Waals surface area contributed by atoms with Gasteiger partial charge in [-0.1, -0.05) is 31.0 Å². The molecule has 1 aliphatic carbocycles. The summed E-state index contributed by atoms with van der Waals surface area (Å²) in [5.74, 6) is -0.00411. The molecule has 0 aromatic heterocycles. The Bertz CT molecular complexity index is 972. The standard InChI is InChI=1S/C26H31N3O3/c1-17(2)27-24(30)18-12-14-21(15-13-18)28-25(31)23-16-20-10-6-7-11-22(20)29(23)26(32)19-8-4-3-5-9-19/h3-5,8-9,12-15,17,20,22-23H,6-7,10-11,16H2,1-2H3,(H,27,30)(H,28,31). The van der Waals surface area contributed by atoms with E-state index in [9.17, 15) is 14.4 Å². The Morgan fingerprint density at radius 1 is 0.906 bits per heavy atom.